The Hall–Kier alpha value is -2.80. The molecular weight excluding hydrogens is 468 g/mol. The van der Waals surface area contributed by atoms with Gasteiger partial charge in [0.2, 0.25) is 0 Å². The summed E-state index contributed by atoms with van der Waals surface area (Å²) in [4.78, 5) is 3.37. The average Bonchev–Trinajstić information content (AvgIpc) is 3.18. The van der Waals surface area contributed by atoms with E-state index in [-0.39, 0.29) is 5.82 Å². The SMILES string of the molecule is COc1cccc(NC(=S)NCCc2c(-c3ccc(F)cc3)[nH]c3c(Cl)ccc(Cl)c23)c1. The van der Waals surface area contributed by atoms with E-state index < -0.39 is 0 Å². The fourth-order valence-electron chi connectivity index (χ4n) is 3.58. The van der Waals surface area contributed by atoms with Gasteiger partial charge in [0, 0.05) is 29.4 Å². The molecule has 0 saturated heterocycles. The van der Waals surface area contributed by atoms with Gasteiger partial charge in [0.25, 0.3) is 0 Å². The first kappa shape index (κ1) is 22.4. The third-order valence-corrected chi connectivity index (χ3v) is 5.95. The fraction of sp³-hybridized carbons (Fsp3) is 0.125. The molecule has 0 amide bonds. The summed E-state index contributed by atoms with van der Waals surface area (Å²) < 4.78 is 18.7. The molecule has 0 aliphatic heterocycles. The predicted octanol–water partition coefficient (Wildman–Crippen LogP) is 6.82. The molecule has 0 saturated carbocycles. The molecule has 0 atom stereocenters. The Morgan fingerprint density at radius 3 is 2.56 bits per heavy atom. The average molecular weight is 488 g/mol. The van der Waals surface area contributed by atoms with Gasteiger partial charge < -0.3 is 20.4 Å². The lowest BCUT2D eigenvalue weighted by molar-refractivity contribution is 0.415. The van der Waals surface area contributed by atoms with Crippen molar-refractivity contribution in [2.24, 2.45) is 0 Å². The monoisotopic (exact) mass is 487 g/mol. The number of nitrogens with one attached hydrogen (secondary N) is 3. The number of benzene rings is 3. The summed E-state index contributed by atoms with van der Waals surface area (Å²) in [5.74, 6) is 0.449. The molecular formula is C24H20Cl2FN3OS. The molecule has 4 nitrogen and oxygen atoms in total. The minimum Gasteiger partial charge on any atom is -0.497 e. The lowest BCUT2D eigenvalue weighted by Gasteiger charge is -2.12. The van der Waals surface area contributed by atoms with Crippen molar-refractivity contribution in [2.45, 2.75) is 6.42 Å². The van der Waals surface area contributed by atoms with Crippen molar-refractivity contribution >= 4 is 57.1 Å². The minimum absolute atomic E-state index is 0.293. The number of hydrogen-bond acceptors (Lipinski definition) is 2. The highest BCUT2D eigenvalue weighted by molar-refractivity contribution is 7.80. The number of halogens is 3. The zero-order valence-electron chi connectivity index (χ0n) is 17.1. The van der Waals surface area contributed by atoms with Gasteiger partial charge in [-0.1, -0.05) is 29.3 Å². The molecule has 164 valence electrons. The summed E-state index contributed by atoms with van der Waals surface area (Å²) in [6, 6.07) is 17.4. The summed E-state index contributed by atoms with van der Waals surface area (Å²) in [5, 5.41) is 8.89. The molecule has 4 rings (SSSR count). The predicted molar refractivity (Wildman–Crippen MR) is 135 cm³/mol. The van der Waals surface area contributed by atoms with Gasteiger partial charge in [-0.15, -0.1) is 0 Å². The normalized spacial score (nSPS) is 10.9. The maximum Gasteiger partial charge on any atom is 0.170 e. The number of methoxy groups -OCH3 is 1. The van der Waals surface area contributed by atoms with Gasteiger partial charge in [-0.2, -0.15) is 0 Å². The maximum atomic E-state index is 13.5. The Labute approximate surface area is 200 Å². The lowest BCUT2D eigenvalue weighted by Crippen LogP contribution is -2.30. The number of anilines is 1. The minimum atomic E-state index is -0.293. The van der Waals surface area contributed by atoms with Crippen LogP contribution in [-0.4, -0.2) is 23.8 Å². The maximum absolute atomic E-state index is 13.5. The molecule has 0 bridgehead atoms. The van der Waals surface area contributed by atoms with Crippen molar-refractivity contribution in [3.63, 3.8) is 0 Å². The van der Waals surface area contributed by atoms with Crippen molar-refractivity contribution in [3.05, 3.63) is 82.1 Å². The number of hydrogen-bond donors (Lipinski definition) is 3. The van der Waals surface area contributed by atoms with Crippen LogP contribution in [0.3, 0.4) is 0 Å². The van der Waals surface area contributed by atoms with Gasteiger partial charge in [0.1, 0.15) is 11.6 Å². The van der Waals surface area contributed by atoms with Crippen LogP contribution in [-0.2, 0) is 6.42 Å². The molecule has 0 aliphatic carbocycles. The van der Waals surface area contributed by atoms with Gasteiger partial charge in [-0.3, -0.25) is 0 Å². The van der Waals surface area contributed by atoms with E-state index in [1.54, 1.807) is 31.4 Å². The highest BCUT2D eigenvalue weighted by Crippen LogP contribution is 2.38. The van der Waals surface area contributed by atoms with Gasteiger partial charge in [-0.05, 0) is 78.3 Å². The van der Waals surface area contributed by atoms with Crippen LogP contribution < -0.4 is 15.4 Å². The summed E-state index contributed by atoms with van der Waals surface area (Å²) in [6.07, 6.45) is 0.618. The summed E-state index contributed by atoms with van der Waals surface area (Å²) in [5.41, 5.74) is 4.27. The van der Waals surface area contributed by atoms with Gasteiger partial charge >= 0.3 is 0 Å². The second-order valence-corrected chi connectivity index (χ2v) is 8.35. The Kier molecular flexibility index (Phi) is 6.84. The molecule has 32 heavy (non-hydrogen) atoms. The Morgan fingerprint density at radius 2 is 1.81 bits per heavy atom. The standard InChI is InChI=1S/C24H20Cl2FN3OS/c1-31-17-4-2-3-16(13-17)29-24(32)28-12-11-18-21-19(25)9-10-20(26)23(21)30-22(18)14-5-7-15(27)8-6-14/h2-10,13,30H,11-12H2,1H3,(H2,28,29,32). The zero-order valence-corrected chi connectivity index (χ0v) is 19.5. The van der Waals surface area contributed by atoms with Crippen LogP contribution in [0.5, 0.6) is 5.75 Å². The third-order valence-electron chi connectivity index (χ3n) is 5.08. The van der Waals surface area contributed by atoms with Gasteiger partial charge in [-0.25, -0.2) is 4.39 Å². The van der Waals surface area contributed by atoms with E-state index in [2.05, 4.69) is 15.6 Å². The van der Waals surface area contributed by atoms with Crippen molar-refractivity contribution < 1.29 is 9.13 Å². The van der Waals surface area contributed by atoms with E-state index >= 15 is 0 Å². The Bertz CT molecular complexity index is 1270. The first-order valence-corrected chi connectivity index (χ1v) is 11.1. The number of fused-ring (bicyclic) bond motifs is 1. The topological polar surface area (TPSA) is 49.1 Å². The van der Waals surface area contributed by atoms with Crippen LogP contribution in [0, 0.1) is 5.82 Å². The molecule has 1 aromatic heterocycles. The quantitative estimate of drug-likeness (QED) is 0.261. The molecule has 0 unspecified atom stereocenters. The first-order valence-electron chi connectivity index (χ1n) is 9.89. The molecule has 3 N–H and O–H groups in total. The van der Waals surface area contributed by atoms with Crippen LogP contribution in [0.2, 0.25) is 10.0 Å². The van der Waals surface area contributed by atoms with Crippen molar-refractivity contribution in [1.29, 1.82) is 0 Å². The van der Waals surface area contributed by atoms with Crippen molar-refractivity contribution in [3.8, 4) is 17.0 Å². The van der Waals surface area contributed by atoms with Crippen molar-refractivity contribution in [1.82, 2.24) is 10.3 Å². The number of aromatic nitrogens is 1. The fourth-order valence-corrected chi connectivity index (χ4v) is 4.28. The van der Waals surface area contributed by atoms with Crippen molar-refractivity contribution in [2.75, 3.05) is 19.0 Å². The van der Waals surface area contributed by atoms with E-state index in [0.717, 1.165) is 39.2 Å². The molecule has 8 heteroatoms. The summed E-state index contributed by atoms with van der Waals surface area (Å²) >= 11 is 18.4. The highest BCUT2D eigenvalue weighted by Gasteiger charge is 2.17. The molecule has 0 aliphatic rings. The number of rotatable bonds is 6. The van der Waals surface area contributed by atoms with Crippen LogP contribution in [0.4, 0.5) is 10.1 Å². The zero-order chi connectivity index (χ0) is 22.7. The number of aromatic amines is 1. The second-order valence-electron chi connectivity index (χ2n) is 7.13. The van der Waals surface area contributed by atoms with Crippen LogP contribution in [0.15, 0.2) is 60.7 Å². The molecule has 4 aromatic rings. The summed E-state index contributed by atoms with van der Waals surface area (Å²) in [6.45, 7) is 0.555. The van der Waals surface area contributed by atoms with E-state index in [9.17, 15) is 4.39 Å². The van der Waals surface area contributed by atoms with E-state index in [1.165, 1.54) is 12.1 Å². The molecule has 3 aromatic carbocycles. The lowest BCUT2D eigenvalue weighted by atomic mass is 10.0. The van der Waals surface area contributed by atoms with E-state index in [1.807, 2.05) is 24.3 Å². The first-order chi connectivity index (χ1) is 15.5. The van der Waals surface area contributed by atoms with Gasteiger partial charge in [0.05, 0.1) is 22.7 Å². The van der Waals surface area contributed by atoms with Crippen LogP contribution >= 0.6 is 35.4 Å². The smallest absolute Gasteiger partial charge is 0.170 e. The molecule has 0 spiro atoms. The number of thiocarbonyl (C=S) groups is 1. The van der Waals surface area contributed by atoms with Gasteiger partial charge in [0.15, 0.2) is 5.11 Å². The highest BCUT2D eigenvalue weighted by atomic mass is 35.5. The number of H-pyrrole nitrogens is 1. The molecule has 1 heterocycles. The van der Waals surface area contributed by atoms with Crippen LogP contribution in [0.1, 0.15) is 5.56 Å². The third kappa shape index (κ3) is 4.83. The largest absolute Gasteiger partial charge is 0.497 e. The van der Waals surface area contributed by atoms with E-state index in [0.29, 0.717) is 28.1 Å². The van der Waals surface area contributed by atoms with E-state index in [4.69, 9.17) is 40.2 Å². The molecule has 0 fully saturated rings. The number of ether oxygens (including phenoxy) is 1. The second kappa shape index (κ2) is 9.77. The summed E-state index contributed by atoms with van der Waals surface area (Å²) in [7, 11) is 1.62. The van der Waals surface area contributed by atoms with Crippen LogP contribution in [0.25, 0.3) is 22.2 Å². The Balaban J connectivity index is 1.56. The Morgan fingerprint density at radius 1 is 1.06 bits per heavy atom. The molecule has 0 radical (unpaired) electrons.